The number of anilines is 2. The van der Waals surface area contributed by atoms with Crippen LogP contribution in [0.4, 0.5) is 11.4 Å². The van der Waals surface area contributed by atoms with Gasteiger partial charge in [0.15, 0.2) is 0 Å². The van der Waals surface area contributed by atoms with Gasteiger partial charge in [0.05, 0.1) is 56.1 Å². The normalized spacial score (nSPS) is 12.1. The molecule has 7 heteroatoms. The van der Waals surface area contributed by atoms with Crippen LogP contribution in [0.2, 0.25) is 10.0 Å². The van der Waals surface area contributed by atoms with Crippen molar-refractivity contribution >= 4 is 45.6 Å². The Morgan fingerprint density at radius 3 is 2.58 bits per heavy atom. The number of nitrogens with zero attached hydrogens (tertiary/aromatic N) is 4. The van der Waals surface area contributed by atoms with Crippen molar-refractivity contribution < 1.29 is 0 Å². The van der Waals surface area contributed by atoms with E-state index in [0.29, 0.717) is 10.0 Å². The van der Waals surface area contributed by atoms with Crippen LogP contribution in [0.25, 0.3) is 28.1 Å². The molecule has 2 heterocycles. The molecule has 1 N–H and O–H groups in total. The van der Waals surface area contributed by atoms with Crippen molar-refractivity contribution in [2.45, 2.75) is 19.9 Å². The van der Waals surface area contributed by atoms with Crippen LogP contribution < -0.4 is 10.7 Å². The van der Waals surface area contributed by atoms with Crippen LogP contribution in [-0.4, -0.2) is 20.6 Å². The first-order valence-electron chi connectivity index (χ1n) is 10.6. The van der Waals surface area contributed by atoms with Gasteiger partial charge in [-0.2, -0.15) is 0 Å². The largest absolute Gasteiger partial charge is 0.352 e. The molecule has 0 amide bonds. The molecule has 0 unspecified atom stereocenters. The summed E-state index contributed by atoms with van der Waals surface area (Å²) in [5.41, 5.74) is 6.08. The maximum Gasteiger partial charge on any atom is 0.0900 e. The number of hydrogen-bond donors (Lipinski definition) is 1. The molecule has 0 saturated carbocycles. The van der Waals surface area contributed by atoms with Crippen LogP contribution in [0.15, 0.2) is 84.1 Å². The zero-order valence-corrected chi connectivity index (χ0v) is 19.6. The lowest BCUT2D eigenvalue weighted by molar-refractivity contribution is 0.806. The second-order valence-electron chi connectivity index (χ2n) is 7.98. The summed E-state index contributed by atoms with van der Waals surface area (Å²) in [6.45, 7) is 4.11. The first-order valence-corrected chi connectivity index (χ1v) is 11.4. The lowest BCUT2D eigenvalue weighted by Crippen LogP contribution is -2.16. The van der Waals surface area contributed by atoms with E-state index < -0.39 is 0 Å². The molecule has 0 spiro atoms. The Hall–Kier alpha value is -3.41. The van der Waals surface area contributed by atoms with Crippen molar-refractivity contribution in [3.8, 4) is 17.1 Å². The fraction of sp³-hybridized carbons (Fsp3) is 0.115. The number of pyridine rings is 1. The second kappa shape index (κ2) is 8.85. The Morgan fingerprint density at radius 1 is 0.970 bits per heavy atom. The molecule has 5 rings (SSSR count). The topological polar surface area (TPSA) is 55.1 Å². The van der Waals surface area contributed by atoms with E-state index >= 15 is 0 Å². The van der Waals surface area contributed by atoms with Crippen LogP contribution in [0.1, 0.15) is 13.8 Å². The van der Waals surface area contributed by atoms with Crippen LogP contribution in [0.5, 0.6) is 0 Å². The standard InChI is InChI=1S/C26H21Cl2N5/c1-16(2)30-22-14-26-23(13-21(22)31-18-6-5-11-29-15-18)32-20-7-3-4-8-25(20)33(26)24-10-9-17(27)12-19(24)28/h3-16,31H,1-2H3. The van der Waals surface area contributed by atoms with Crippen LogP contribution in [-0.2, 0) is 0 Å². The maximum atomic E-state index is 6.66. The second-order valence-corrected chi connectivity index (χ2v) is 8.82. The van der Waals surface area contributed by atoms with Gasteiger partial charge in [-0.05, 0) is 68.4 Å². The number of para-hydroxylation sites is 2. The van der Waals surface area contributed by atoms with Gasteiger partial charge in [0.25, 0.3) is 0 Å². The minimum absolute atomic E-state index is 0.109. The number of aromatic nitrogens is 3. The predicted molar refractivity (Wildman–Crippen MR) is 136 cm³/mol. The van der Waals surface area contributed by atoms with Crippen LogP contribution in [0.3, 0.4) is 0 Å². The van der Waals surface area contributed by atoms with Crippen LogP contribution in [0, 0.1) is 0 Å². The number of rotatable bonds is 4. The quantitative estimate of drug-likeness (QED) is 0.289. The lowest BCUT2D eigenvalue weighted by Gasteiger charge is -2.21. The van der Waals surface area contributed by atoms with Crippen molar-refractivity contribution in [3.63, 3.8) is 0 Å². The molecular formula is C26H21Cl2N5. The zero-order valence-electron chi connectivity index (χ0n) is 18.1. The van der Waals surface area contributed by atoms with Crippen molar-refractivity contribution in [3.05, 3.63) is 94.5 Å². The van der Waals surface area contributed by atoms with E-state index in [1.807, 2.05) is 54.6 Å². The minimum atomic E-state index is 0.109. The highest BCUT2D eigenvalue weighted by atomic mass is 35.5. The third-order valence-corrected chi connectivity index (χ3v) is 5.72. The molecule has 3 aromatic rings. The average molecular weight is 474 g/mol. The van der Waals surface area contributed by atoms with Gasteiger partial charge in [-0.3, -0.25) is 9.98 Å². The predicted octanol–water partition coefficient (Wildman–Crippen LogP) is 6.88. The lowest BCUT2D eigenvalue weighted by atomic mass is 10.1. The highest BCUT2D eigenvalue weighted by molar-refractivity contribution is 6.35. The first-order chi connectivity index (χ1) is 16.0. The van der Waals surface area contributed by atoms with E-state index in [9.17, 15) is 0 Å². The smallest absolute Gasteiger partial charge is 0.0900 e. The van der Waals surface area contributed by atoms with Gasteiger partial charge in [-0.25, -0.2) is 4.98 Å². The highest BCUT2D eigenvalue weighted by Crippen LogP contribution is 2.34. The molecule has 1 aromatic heterocycles. The summed E-state index contributed by atoms with van der Waals surface area (Å²) in [6, 6.07) is 21.6. The monoisotopic (exact) mass is 473 g/mol. The summed E-state index contributed by atoms with van der Waals surface area (Å²) in [7, 11) is 0. The van der Waals surface area contributed by atoms with Gasteiger partial charge >= 0.3 is 0 Å². The third-order valence-electron chi connectivity index (χ3n) is 5.19. The molecule has 1 aliphatic carbocycles. The third kappa shape index (κ3) is 4.30. The molecular weight excluding hydrogens is 453 g/mol. The summed E-state index contributed by atoms with van der Waals surface area (Å²) in [5.74, 6) is 0. The molecule has 2 aromatic carbocycles. The molecule has 0 saturated heterocycles. The summed E-state index contributed by atoms with van der Waals surface area (Å²) in [6.07, 6.45) is 3.53. The van der Waals surface area contributed by atoms with E-state index in [1.165, 1.54) is 0 Å². The van der Waals surface area contributed by atoms with Crippen LogP contribution >= 0.6 is 23.2 Å². The van der Waals surface area contributed by atoms with Crippen molar-refractivity contribution in [2.75, 3.05) is 5.32 Å². The summed E-state index contributed by atoms with van der Waals surface area (Å²) < 4.78 is 2.11. The molecule has 2 aliphatic rings. The van der Waals surface area contributed by atoms with E-state index in [2.05, 4.69) is 34.8 Å². The zero-order chi connectivity index (χ0) is 22.9. The fourth-order valence-corrected chi connectivity index (χ4v) is 4.33. The molecule has 5 nitrogen and oxygen atoms in total. The van der Waals surface area contributed by atoms with E-state index in [1.54, 1.807) is 18.5 Å². The van der Waals surface area contributed by atoms with Crippen molar-refractivity contribution in [1.29, 1.82) is 0 Å². The van der Waals surface area contributed by atoms with Gasteiger partial charge in [-0.15, -0.1) is 0 Å². The van der Waals surface area contributed by atoms with Crippen molar-refractivity contribution in [2.24, 2.45) is 4.99 Å². The van der Waals surface area contributed by atoms with E-state index in [0.717, 1.165) is 44.8 Å². The molecule has 0 fully saturated rings. The Labute approximate surface area is 201 Å². The first kappa shape index (κ1) is 21.4. The van der Waals surface area contributed by atoms with Gasteiger partial charge in [0.1, 0.15) is 0 Å². The summed E-state index contributed by atoms with van der Waals surface area (Å²) >= 11 is 12.8. The van der Waals surface area contributed by atoms with E-state index in [-0.39, 0.29) is 6.04 Å². The minimum Gasteiger partial charge on any atom is -0.352 e. The highest BCUT2D eigenvalue weighted by Gasteiger charge is 2.18. The number of halogens is 2. The van der Waals surface area contributed by atoms with Gasteiger partial charge in [0.2, 0.25) is 0 Å². The average Bonchev–Trinajstić information content (AvgIpc) is 2.79. The molecule has 0 bridgehead atoms. The number of nitrogens with one attached hydrogen (secondary N) is 1. The van der Waals surface area contributed by atoms with Crippen molar-refractivity contribution in [1.82, 2.24) is 14.5 Å². The maximum absolute atomic E-state index is 6.66. The van der Waals surface area contributed by atoms with E-state index in [4.69, 9.17) is 33.2 Å². The number of hydrogen-bond acceptors (Lipinski definition) is 4. The Kier molecular flexibility index (Phi) is 5.75. The Morgan fingerprint density at radius 2 is 1.82 bits per heavy atom. The van der Waals surface area contributed by atoms with Gasteiger partial charge in [-0.1, -0.05) is 35.3 Å². The molecule has 164 valence electrons. The SMILES string of the molecule is CC(C)N=c1cc2n(-c3ccc(Cl)cc3Cl)c3ccccc3nc-2cc1Nc1cccnc1. The van der Waals surface area contributed by atoms with Gasteiger partial charge in [0, 0.05) is 17.3 Å². The summed E-state index contributed by atoms with van der Waals surface area (Å²) in [5, 5.41) is 5.43. The number of fused-ring (bicyclic) bond motifs is 2. The molecule has 1 aliphatic heterocycles. The fourth-order valence-electron chi connectivity index (χ4n) is 3.84. The molecule has 0 radical (unpaired) electrons. The molecule has 0 atom stereocenters. The van der Waals surface area contributed by atoms with Gasteiger partial charge < -0.3 is 9.88 Å². The Balaban J connectivity index is 1.85. The number of benzene rings is 3. The Bertz CT molecular complexity index is 1490. The summed E-state index contributed by atoms with van der Waals surface area (Å²) in [4.78, 5) is 14.0. The molecule has 33 heavy (non-hydrogen) atoms.